The molecule has 3 heterocycles. The molecule has 0 saturated carbocycles. The van der Waals surface area contributed by atoms with Crippen LogP contribution in [-0.2, 0) is 11.3 Å². The van der Waals surface area contributed by atoms with E-state index in [1.807, 2.05) is 11.5 Å². The summed E-state index contributed by atoms with van der Waals surface area (Å²) in [6.45, 7) is 4.52. The van der Waals surface area contributed by atoms with Gasteiger partial charge in [0, 0.05) is 5.56 Å². The molecule has 118 valence electrons. The van der Waals surface area contributed by atoms with Gasteiger partial charge >= 0.3 is 0 Å². The first-order valence-electron chi connectivity index (χ1n) is 7.32. The molecule has 5 nitrogen and oxygen atoms in total. The Bertz CT molecular complexity index is 922. The monoisotopic (exact) mass is 316 g/mol. The molecule has 0 N–H and O–H groups in total. The molecule has 0 radical (unpaired) electrons. The molecule has 23 heavy (non-hydrogen) atoms. The predicted molar refractivity (Wildman–Crippen MR) is 79.8 cm³/mol. The smallest absolute Gasteiger partial charge is 0.167 e. The lowest BCUT2D eigenvalue weighted by molar-refractivity contribution is 0.0621. The number of halogens is 2. The van der Waals surface area contributed by atoms with Crippen LogP contribution in [0.1, 0.15) is 24.6 Å². The number of nitrogens with zero attached hydrogens (tertiary/aromatic N) is 4. The van der Waals surface area contributed by atoms with Gasteiger partial charge in [-0.1, -0.05) is 0 Å². The van der Waals surface area contributed by atoms with Crippen LogP contribution in [0, 0.1) is 18.6 Å². The van der Waals surface area contributed by atoms with E-state index >= 15 is 0 Å². The Kier molecular flexibility index (Phi) is 3.12. The van der Waals surface area contributed by atoms with Crippen molar-refractivity contribution in [1.29, 1.82) is 0 Å². The van der Waals surface area contributed by atoms with Crippen LogP contribution in [0.3, 0.4) is 0 Å². The van der Waals surface area contributed by atoms with Crippen LogP contribution < -0.4 is 0 Å². The SMILES string of the molecule is Cc1ncc(F)c(-c2cc(F)c3nc4n(c3c2)C(C)COC4)n1. The van der Waals surface area contributed by atoms with E-state index in [-0.39, 0.29) is 17.3 Å². The Labute approximate surface area is 131 Å². The highest BCUT2D eigenvalue weighted by Crippen LogP contribution is 2.31. The average molecular weight is 316 g/mol. The molecule has 0 amide bonds. The maximum absolute atomic E-state index is 14.5. The van der Waals surface area contributed by atoms with Crippen molar-refractivity contribution >= 4 is 11.0 Å². The van der Waals surface area contributed by atoms with E-state index in [2.05, 4.69) is 15.0 Å². The lowest BCUT2D eigenvalue weighted by atomic mass is 10.1. The largest absolute Gasteiger partial charge is 0.371 e. The third-order valence-electron chi connectivity index (χ3n) is 3.99. The summed E-state index contributed by atoms with van der Waals surface area (Å²) in [6, 6.07) is 3.02. The van der Waals surface area contributed by atoms with Gasteiger partial charge in [-0.25, -0.2) is 23.7 Å². The predicted octanol–water partition coefficient (Wildman–Crippen LogP) is 3.17. The minimum atomic E-state index is -0.580. The van der Waals surface area contributed by atoms with Crippen LogP contribution in [0.5, 0.6) is 0 Å². The molecule has 7 heteroatoms. The number of fused-ring (bicyclic) bond motifs is 3. The van der Waals surface area contributed by atoms with E-state index in [0.29, 0.717) is 35.9 Å². The van der Waals surface area contributed by atoms with Crippen molar-refractivity contribution in [3.8, 4) is 11.3 Å². The number of ether oxygens (including phenoxy) is 1. The minimum Gasteiger partial charge on any atom is -0.371 e. The van der Waals surface area contributed by atoms with Gasteiger partial charge in [-0.15, -0.1) is 0 Å². The summed E-state index contributed by atoms with van der Waals surface area (Å²) in [6.07, 6.45) is 1.10. The van der Waals surface area contributed by atoms with Crippen LogP contribution in [0.2, 0.25) is 0 Å². The number of aryl methyl sites for hydroxylation is 1. The summed E-state index contributed by atoms with van der Waals surface area (Å²) in [5.74, 6) is 0.0273. The van der Waals surface area contributed by atoms with E-state index in [4.69, 9.17) is 4.74 Å². The maximum atomic E-state index is 14.5. The molecule has 3 aromatic rings. The van der Waals surface area contributed by atoms with Crippen molar-refractivity contribution in [3.63, 3.8) is 0 Å². The standard InChI is InChI=1S/C16H14F2N4O/c1-8-6-23-7-14-21-16-11(17)3-10(4-13(16)22(8)14)15-12(18)5-19-9(2)20-15/h3-5,8H,6-7H2,1-2H3. The molecule has 0 bridgehead atoms. The Morgan fingerprint density at radius 2 is 2.04 bits per heavy atom. The summed E-state index contributed by atoms with van der Waals surface area (Å²) in [7, 11) is 0. The van der Waals surface area contributed by atoms with E-state index in [1.165, 1.54) is 6.07 Å². The average Bonchev–Trinajstić information content (AvgIpc) is 2.90. The molecule has 0 aliphatic carbocycles. The zero-order valence-electron chi connectivity index (χ0n) is 12.7. The van der Waals surface area contributed by atoms with Crippen molar-refractivity contribution < 1.29 is 13.5 Å². The number of hydrogen-bond donors (Lipinski definition) is 0. The van der Waals surface area contributed by atoms with Crippen LogP contribution in [-0.4, -0.2) is 26.1 Å². The Hall–Kier alpha value is -2.41. The lowest BCUT2D eigenvalue weighted by Crippen LogP contribution is -2.21. The summed E-state index contributed by atoms with van der Waals surface area (Å²) >= 11 is 0. The third kappa shape index (κ3) is 2.19. The van der Waals surface area contributed by atoms with Gasteiger partial charge in [0.25, 0.3) is 0 Å². The van der Waals surface area contributed by atoms with Crippen LogP contribution >= 0.6 is 0 Å². The molecular formula is C16H14F2N4O. The topological polar surface area (TPSA) is 52.8 Å². The zero-order chi connectivity index (χ0) is 16.1. The van der Waals surface area contributed by atoms with Gasteiger partial charge in [0.2, 0.25) is 0 Å². The number of aromatic nitrogens is 4. The molecule has 1 unspecified atom stereocenters. The lowest BCUT2D eigenvalue weighted by Gasteiger charge is -2.22. The molecule has 0 fully saturated rings. The van der Waals surface area contributed by atoms with Crippen molar-refractivity contribution in [2.75, 3.05) is 6.61 Å². The molecule has 0 spiro atoms. The fourth-order valence-corrected chi connectivity index (χ4v) is 2.98. The molecule has 2 aromatic heterocycles. The maximum Gasteiger partial charge on any atom is 0.167 e. The van der Waals surface area contributed by atoms with Crippen molar-refractivity contribution in [3.05, 3.63) is 41.6 Å². The van der Waals surface area contributed by atoms with Gasteiger partial charge in [0.05, 0.1) is 24.4 Å². The van der Waals surface area contributed by atoms with Gasteiger partial charge in [-0.2, -0.15) is 0 Å². The first kappa shape index (κ1) is 14.2. The van der Waals surface area contributed by atoms with Crippen LogP contribution in [0.25, 0.3) is 22.3 Å². The zero-order valence-corrected chi connectivity index (χ0v) is 12.7. The molecule has 1 aliphatic heterocycles. The van der Waals surface area contributed by atoms with E-state index in [0.717, 1.165) is 6.20 Å². The highest BCUT2D eigenvalue weighted by Gasteiger charge is 2.23. The quantitative estimate of drug-likeness (QED) is 0.692. The summed E-state index contributed by atoms with van der Waals surface area (Å²) in [5.41, 5.74) is 1.36. The number of rotatable bonds is 1. The van der Waals surface area contributed by atoms with Gasteiger partial charge < -0.3 is 9.30 Å². The van der Waals surface area contributed by atoms with Crippen molar-refractivity contribution in [2.24, 2.45) is 0 Å². The van der Waals surface area contributed by atoms with E-state index in [9.17, 15) is 8.78 Å². The van der Waals surface area contributed by atoms with E-state index < -0.39 is 11.6 Å². The molecule has 1 aliphatic rings. The Morgan fingerprint density at radius 1 is 1.22 bits per heavy atom. The Balaban J connectivity index is 1.99. The highest BCUT2D eigenvalue weighted by atomic mass is 19.1. The highest BCUT2D eigenvalue weighted by molar-refractivity contribution is 5.83. The normalized spacial score (nSPS) is 17.5. The molecule has 0 saturated heterocycles. The first-order chi connectivity index (χ1) is 11.0. The summed E-state index contributed by atoms with van der Waals surface area (Å²) in [4.78, 5) is 12.2. The second-order valence-electron chi connectivity index (χ2n) is 5.70. The minimum absolute atomic E-state index is 0.0374. The second-order valence-corrected chi connectivity index (χ2v) is 5.70. The van der Waals surface area contributed by atoms with Gasteiger partial charge in [0.15, 0.2) is 11.6 Å². The fraction of sp³-hybridized carbons (Fsp3) is 0.312. The summed E-state index contributed by atoms with van der Waals surface area (Å²) < 4.78 is 35.9. The summed E-state index contributed by atoms with van der Waals surface area (Å²) in [5, 5.41) is 0. The van der Waals surface area contributed by atoms with Crippen molar-refractivity contribution in [1.82, 2.24) is 19.5 Å². The molecule has 1 atom stereocenters. The van der Waals surface area contributed by atoms with Crippen molar-refractivity contribution in [2.45, 2.75) is 26.5 Å². The first-order valence-corrected chi connectivity index (χ1v) is 7.32. The number of benzene rings is 1. The second kappa shape index (κ2) is 5.06. The van der Waals surface area contributed by atoms with Gasteiger partial charge in [-0.3, -0.25) is 0 Å². The fourth-order valence-electron chi connectivity index (χ4n) is 2.98. The van der Waals surface area contributed by atoms with E-state index in [1.54, 1.807) is 13.0 Å². The molecule has 1 aromatic carbocycles. The van der Waals surface area contributed by atoms with Crippen LogP contribution in [0.4, 0.5) is 8.78 Å². The van der Waals surface area contributed by atoms with Gasteiger partial charge in [0.1, 0.15) is 29.5 Å². The third-order valence-corrected chi connectivity index (χ3v) is 3.99. The number of imidazole rings is 1. The Morgan fingerprint density at radius 3 is 2.87 bits per heavy atom. The van der Waals surface area contributed by atoms with Crippen LogP contribution in [0.15, 0.2) is 18.3 Å². The number of hydrogen-bond acceptors (Lipinski definition) is 4. The van der Waals surface area contributed by atoms with Gasteiger partial charge in [-0.05, 0) is 26.0 Å². The molecular weight excluding hydrogens is 302 g/mol. The molecule has 4 rings (SSSR count).